The third kappa shape index (κ3) is 3.43. The number of para-hydroxylation sites is 1. The summed E-state index contributed by atoms with van der Waals surface area (Å²) in [6.45, 7) is 4.31. The lowest BCUT2D eigenvalue weighted by Gasteiger charge is -2.12. The predicted molar refractivity (Wildman–Crippen MR) is 98.2 cm³/mol. The Morgan fingerprint density at radius 3 is 2.72 bits per heavy atom. The Labute approximate surface area is 146 Å². The molecule has 2 N–H and O–H groups in total. The number of aromatic nitrogens is 4. The van der Waals surface area contributed by atoms with Crippen LogP contribution in [-0.4, -0.2) is 27.3 Å². The summed E-state index contributed by atoms with van der Waals surface area (Å²) in [6.07, 6.45) is 3.62. The van der Waals surface area contributed by atoms with Gasteiger partial charge in [-0.25, -0.2) is 4.98 Å². The minimum absolute atomic E-state index is 0.205. The standard InChI is InChI=1S/C19H24N4O2/c1-4-8-12(5-2)16-17-18(23-22-16)19(24)21-15(20-17)11-13-9-6-7-10-14(13)25-3/h6-7,9-10,12H,4-5,8,11H2,1-3H3,(H,22,23)(H,20,21,24). The first kappa shape index (κ1) is 17.2. The van der Waals surface area contributed by atoms with Crippen molar-refractivity contribution in [2.24, 2.45) is 0 Å². The molecule has 0 aliphatic carbocycles. The highest BCUT2D eigenvalue weighted by Crippen LogP contribution is 2.27. The lowest BCUT2D eigenvalue weighted by Crippen LogP contribution is -2.13. The van der Waals surface area contributed by atoms with Crippen LogP contribution in [0.5, 0.6) is 5.75 Å². The summed E-state index contributed by atoms with van der Waals surface area (Å²) in [5, 5.41) is 7.24. The molecule has 2 aromatic heterocycles. The van der Waals surface area contributed by atoms with Crippen molar-refractivity contribution in [3.63, 3.8) is 0 Å². The summed E-state index contributed by atoms with van der Waals surface area (Å²) in [5.41, 5.74) is 2.82. The Morgan fingerprint density at radius 1 is 1.20 bits per heavy atom. The van der Waals surface area contributed by atoms with E-state index in [1.165, 1.54) is 0 Å². The lowest BCUT2D eigenvalue weighted by atomic mass is 9.96. The van der Waals surface area contributed by atoms with Gasteiger partial charge in [0.1, 0.15) is 17.1 Å². The molecule has 132 valence electrons. The number of methoxy groups -OCH3 is 1. The summed E-state index contributed by atoms with van der Waals surface area (Å²) in [4.78, 5) is 20.0. The van der Waals surface area contributed by atoms with Crippen LogP contribution in [0.2, 0.25) is 0 Å². The average Bonchev–Trinajstić information content (AvgIpc) is 3.04. The molecule has 1 unspecified atom stereocenters. The number of nitrogens with zero attached hydrogens (tertiary/aromatic N) is 2. The van der Waals surface area contributed by atoms with Gasteiger partial charge in [-0.05, 0) is 18.9 Å². The third-order valence-corrected chi connectivity index (χ3v) is 4.58. The molecular weight excluding hydrogens is 316 g/mol. The number of H-pyrrole nitrogens is 2. The van der Waals surface area contributed by atoms with E-state index in [4.69, 9.17) is 9.72 Å². The molecule has 0 saturated heterocycles. The Hall–Kier alpha value is -2.63. The number of fused-ring (bicyclic) bond motifs is 1. The SMILES string of the molecule is CCCC(CC)c1[nH]nc2c(=O)[nH]c(Cc3ccccc3OC)nc12. The molecule has 6 heteroatoms. The number of rotatable bonds is 7. The maximum absolute atomic E-state index is 12.4. The minimum Gasteiger partial charge on any atom is -0.496 e. The molecule has 0 radical (unpaired) electrons. The number of benzene rings is 1. The molecule has 1 atom stereocenters. The van der Waals surface area contributed by atoms with Crippen LogP contribution in [-0.2, 0) is 6.42 Å². The zero-order valence-corrected chi connectivity index (χ0v) is 14.9. The van der Waals surface area contributed by atoms with Gasteiger partial charge in [0.05, 0.1) is 12.8 Å². The van der Waals surface area contributed by atoms with Crippen molar-refractivity contribution in [2.45, 2.75) is 45.4 Å². The Balaban J connectivity index is 2.04. The summed E-state index contributed by atoms with van der Waals surface area (Å²) < 4.78 is 5.39. The zero-order valence-electron chi connectivity index (χ0n) is 14.9. The van der Waals surface area contributed by atoms with Crippen LogP contribution in [0.4, 0.5) is 0 Å². The Kier molecular flexibility index (Phi) is 5.16. The molecule has 0 spiro atoms. The van der Waals surface area contributed by atoms with E-state index in [2.05, 4.69) is 29.0 Å². The molecule has 3 aromatic rings. The van der Waals surface area contributed by atoms with Gasteiger partial charge in [0.15, 0.2) is 5.52 Å². The van der Waals surface area contributed by atoms with E-state index in [1.807, 2.05) is 24.3 Å². The highest BCUT2D eigenvalue weighted by molar-refractivity contribution is 5.76. The molecule has 2 heterocycles. The number of aromatic amines is 2. The van der Waals surface area contributed by atoms with Gasteiger partial charge in [0.25, 0.3) is 5.56 Å². The maximum Gasteiger partial charge on any atom is 0.279 e. The Morgan fingerprint density at radius 2 is 2.00 bits per heavy atom. The molecule has 25 heavy (non-hydrogen) atoms. The van der Waals surface area contributed by atoms with E-state index in [1.54, 1.807) is 7.11 Å². The second-order valence-corrected chi connectivity index (χ2v) is 6.23. The highest BCUT2D eigenvalue weighted by atomic mass is 16.5. The molecule has 3 rings (SSSR count). The second kappa shape index (κ2) is 7.51. The maximum atomic E-state index is 12.4. The number of nitrogens with one attached hydrogen (secondary N) is 2. The van der Waals surface area contributed by atoms with Crippen LogP contribution < -0.4 is 10.3 Å². The topological polar surface area (TPSA) is 83.7 Å². The number of ether oxygens (including phenoxy) is 1. The van der Waals surface area contributed by atoms with Crippen LogP contribution in [0, 0.1) is 0 Å². The molecule has 6 nitrogen and oxygen atoms in total. The van der Waals surface area contributed by atoms with E-state index in [-0.39, 0.29) is 5.56 Å². The first-order valence-corrected chi connectivity index (χ1v) is 8.76. The second-order valence-electron chi connectivity index (χ2n) is 6.23. The van der Waals surface area contributed by atoms with Crippen molar-refractivity contribution in [1.29, 1.82) is 0 Å². The van der Waals surface area contributed by atoms with Crippen LogP contribution in [0.15, 0.2) is 29.1 Å². The fourth-order valence-electron chi connectivity index (χ4n) is 3.27. The van der Waals surface area contributed by atoms with Crippen LogP contribution in [0.1, 0.15) is 56.1 Å². The Bertz CT molecular complexity index is 913. The normalized spacial score (nSPS) is 12.4. The van der Waals surface area contributed by atoms with Crippen molar-refractivity contribution >= 4 is 11.0 Å². The van der Waals surface area contributed by atoms with Crippen molar-refractivity contribution < 1.29 is 4.74 Å². The molecule has 0 aliphatic rings. The van der Waals surface area contributed by atoms with Gasteiger partial charge in [-0.2, -0.15) is 5.10 Å². The molecule has 0 amide bonds. The average molecular weight is 340 g/mol. The smallest absolute Gasteiger partial charge is 0.279 e. The van der Waals surface area contributed by atoms with Gasteiger partial charge in [0, 0.05) is 17.9 Å². The van der Waals surface area contributed by atoms with Crippen molar-refractivity contribution in [3.05, 3.63) is 51.7 Å². The summed E-state index contributed by atoms with van der Waals surface area (Å²) in [5.74, 6) is 1.74. The summed E-state index contributed by atoms with van der Waals surface area (Å²) in [7, 11) is 1.64. The van der Waals surface area contributed by atoms with E-state index in [9.17, 15) is 4.79 Å². The number of hydrogen-bond donors (Lipinski definition) is 2. The monoisotopic (exact) mass is 340 g/mol. The first-order valence-electron chi connectivity index (χ1n) is 8.76. The molecular formula is C19H24N4O2. The van der Waals surface area contributed by atoms with Crippen molar-refractivity contribution in [2.75, 3.05) is 7.11 Å². The fourth-order valence-corrected chi connectivity index (χ4v) is 3.27. The lowest BCUT2D eigenvalue weighted by molar-refractivity contribution is 0.410. The van der Waals surface area contributed by atoms with Gasteiger partial charge in [-0.3, -0.25) is 9.89 Å². The van der Waals surface area contributed by atoms with Crippen molar-refractivity contribution in [3.8, 4) is 5.75 Å². The van der Waals surface area contributed by atoms with Crippen LogP contribution in [0.3, 0.4) is 0 Å². The summed E-state index contributed by atoms with van der Waals surface area (Å²) in [6, 6.07) is 7.76. The zero-order chi connectivity index (χ0) is 17.8. The largest absolute Gasteiger partial charge is 0.496 e. The minimum atomic E-state index is -0.205. The highest BCUT2D eigenvalue weighted by Gasteiger charge is 2.19. The van der Waals surface area contributed by atoms with Gasteiger partial charge in [0.2, 0.25) is 0 Å². The molecule has 0 bridgehead atoms. The first-order chi connectivity index (χ1) is 12.2. The third-order valence-electron chi connectivity index (χ3n) is 4.58. The van der Waals surface area contributed by atoms with Crippen LogP contribution >= 0.6 is 0 Å². The predicted octanol–water partition coefficient (Wildman–Crippen LogP) is 3.54. The van der Waals surface area contributed by atoms with Crippen molar-refractivity contribution in [1.82, 2.24) is 20.2 Å². The number of hydrogen-bond acceptors (Lipinski definition) is 4. The van der Waals surface area contributed by atoms with Gasteiger partial charge < -0.3 is 9.72 Å². The molecule has 0 fully saturated rings. The van der Waals surface area contributed by atoms with E-state index >= 15 is 0 Å². The van der Waals surface area contributed by atoms with Gasteiger partial charge >= 0.3 is 0 Å². The van der Waals surface area contributed by atoms with Crippen LogP contribution in [0.25, 0.3) is 11.0 Å². The van der Waals surface area contributed by atoms with E-state index < -0.39 is 0 Å². The van der Waals surface area contributed by atoms with Gasteiger partial charge in [-0.15, -0.1) is 0 Å². The van der Waals surface area contributed by atoms with Gasteiger partial charge in [-0.1, -0.05) is 38.5 Å². The van der Waals surface area contributed by atoms with E-state index in [0.29, 0.717) is 29.2 Å². The molecule has 0 aliphatic heterocycles. The molecule has 1 aromatic carbocycles. The summed E-state index contributed by atoms with van der Waals surface area (Å²) >= 11 is 0. The van der Waals surface area contributed by atoms with E-state index in [0.717, 1.165) is 36.3 Å². The molecule has 0 saturated carbocycles. The quantitative estimate of drug-likeness (QED) is 0.689. The fraction of sp³-hybridized carbons (Fsp3) is 0.421.